The summed E-state index contributed by atoms with van der Waals surface area (Å²) in [5.74, 6) is -0.669. The van der Waals surface area contributed by atoms with Crippen molar-refractivity contribution in [1.29, 1.82) is 0 Å². The summed E-state index contributed by atoms with van der Waals surface area (Å²) in [6, 6.07) is -0.877. The van der Waals surface area contributed by atoms with Crippen LogP contribution < -0.4 is 5.32 Å². The standard InChI is InChI=1S/C14H26N2O4/c1-14(2,3)20-13(19)15-11(12(17)18)9-10-5-7-16(4)8-6-10/h10-11H,5-9H2,1-4H3,(H,15,19)(H,17,18). The Morgan fingerprint density at radius 3 is 2.35 bits per heavy atom. The first-order valence-corrected chi connectivity index (χ1v) is 7.08. The van der Waals surface area contributed by atoms with E-state index in [9.17, 15) is 14.7 Å². The van der Waals surface area contributed by atoms with Gasteiger partial charge in [-0.2, -0.15) is 0 Å². The topological polar surface area (TPSA) is 78.9 Å². The van der Waals surface area contributed by atoms with Crippen LogP contribution in [0.1, 0.15) is 40.0 Å². The number of alkyl carbamates (subject to hydrolysis) is 1. The smallest absolute Gasteiger partial charge is 0.408 e. The number of nitrogens with zero attached hydrogens (tertiary/aromatic N) is 1. The van der Waals surface area contributed by atoms with Crippen molar-refractivity contribution in [2.24, 2.45) is 5.92 Å². The van der Waals surface area contributed by atoms with Crippen molar-refractivity contribution in [3.63, 3.8) is 0 Å². The van der Waals surface area contributed by atoms with Crippen LogP contribution in [-0.2, 0) is 9.53 Å². The lowest BCUT2D eigenvalue weighted by Gasteiger charge is -2.30. The van der Waals surface area contributed by atoms with Gasteiger partial charge in [-0.3, -0.25) is 0 Å². The predicted octanol–water partition coefficient (Wildman–Crippen LogP) is 1.70. The Kier molecular flexibility index (Phi) is 5.80. The molecule has 1 heterocycles. The summed E-state index contributed by atoms with van der Waals surface area (Å²) < 4.78 is 5.10. The number of rotatable bonds is 4. The fraction of sp³-hybridized carbons (Fsp3) is 0.857. The SMILES string of the molecule is CN1CCC(CC(NC(=O)OC(C)(C)C)C(=O)O)CC1. The zero-order chi connectivity index (χ0) is 15.3. The predicted molar refractivity (Wildman–Crippen MR) is 75.6 cm³/mol. The van der Waals surface area contributed by atoms with E-state index in [-0.39, 0.29) is 0 Å². The number of likely N-dealkylation sites (tertiary alicyclic amines) is 1. The van der Waals surface area contributed by atoms with E-state index in [1.165, 1.54) is 0 Å². The number of nitrogens with one attached hydrogen (secondary N) is 1. The molecule has 0 aromatic rings. The molecule has 0 aliphatic carbocycles. The first kappa shape index (κ1) is 16.8. The van der Waals surface area contributed by atoms with Crippen molar-refractivity contribution in [1.82, 2.24) is 10.2 Å². The Bertz CT molecular complexity index is 344. The molecule has 2 N–H and O–H groups in total. The second-order valence-corrected chi connectivity index (χ2v) is 6.52. The van der Waals surface area contributed by atoms with Crippen LogP contribution in [0.5, 0.6) is 0 Å². The van der Waals surface area contributed by atoms with Gasteiger partial charge in [0.15, 0.2) is 0 Å². The van der Waals surface area contributed by atoms with E-state index >= 15 is 0 Å². The van der Waals surface area contributed by atoms with Crippen LogP contribution in [0.3, 0.4) is 0 Å². The number of carboxylic acids is 1. The molecule has 0 aromatic carbocycles. The monoisotopic (exact) mass is 286 g/mol. The highest BCUT2D eigenvalue weighted by Crippen LogP contribution is 2.21. The fourth-order valence-electron chi connectivity index (χ4n) is 2.30. The minimum absolute atomic E-state index is 0.335. The maximum absolute atomic E-state index is 11.7. The van der Waals surface area contributed by atoms with Gasteiger partial charge in [0, 0.05) is 0 Å². The molecule has 1 fully saturated rings. The van der Waals surface area contributed by atoms with E-state index in [4.69, 9.17) is 4.74 Å². The Labute approximate surface area is 120 Å². The number of hydrogen-bond donors (Lipinski definition) is 2. The number of piperidine rings is 1. The molecular formula is C14H26N2O4. The number of ether oxygens (including phenoxy) is 1. The van der Waals surface area contributed by atoms with E-state index < -0.39 is 23.7 Å². The average Bonchev–Trinajstić information content (AvgIpc) is 2.28. The van der Waals surface area contributed by atoms with E-state index in [1.807, 2.05) is 0 Å². The highest BCUT2D eigenvalue weighted by atomic mass is 16.6. The van der Waals surface area contributed by atoms with Crippen molar-refractivity contribution in [3.8, 4) is 0 Å². The van der Waals surface area contributed by atoms with Gasteiger partial charge in [-0.15, -0.1) is 0 Å². The van der Waals surface area contributed by atoms with Crippen LogP contribution in [0.4, 0.5) is 4.79 Å². The molecule has 1 unspecified atom stereocenters. The number of carbonyl (C=O) groups is 2. The molecule has 0 saturated carbocycles. The normalized spacial score (nSPS) is 19.4. The minimum atomic E-state index is -1.00. The van der Waals surface area contributed by atoms with E-state index in [0.717, 1.165) is 25.9 Å². The Morgan fingerprint density at radius 2 is 1.90 bits per heavy atom. The lowest BCUT2D eigenvalue weighted by atomic mass is 9.90. The number of hydrogen-bond acceptors (Lipinski definition) is 4. The summed E-state index contributed by atoms with van der Waals surface area (Å²) in [5, 5.41) is 11.7. The van der Waals surface area contributed by atoms with Gasteiger partial charge in [0.05, 0.1) is 0 Å². The summed E-state index contributed by atoms with van der Waals surface area (Å²) in [7, 11) is 2.06. The Hall–Kier alpha value is -1.30. The van der Waals surface area contributed by atoms with Gasteiger partial charge in [-0.05, 0) is 66.1 Å². The van der Waals surface area contributed by atoms with Crippen LogP contribution in [0.25, 0.3) is 0 Å². The van der Waals surface area contributed by atoms with Crippen LogP contribution in [-0.4, -0.2) is 53.8 Å². The van der Waals surface area contributed by atoms with Gasteiger partial charge in [0.1, 0.15) is 11.6 Å². The summed E-state index contributed by atoms with van der Waals surface area (Å²) >= 11 is 0. The van der Waals surface area contributed by atoms with Crippen molar-refractivity contribution in [3.05, 3.63) is 0 Å². The molecule has 6 nitrogen and oxygen atoms in total. The van der Waals surface area contributed by atoms with Gasteiger partial charge in [0.25, 0.3) is 0 Å². The van der Waals surface area contributed by atoms with Gasteiger partial charge in [0.2, 0.25) is 0 Å². The molecule has 6 heteroatoms. The molecule has 0 bridgehead atoms. The third-order valence-electron chi connectivity index (χ3n) is 3.40. The number of carbonyl (C=O) groups excluding carboxylic acids is 1. The van der Waals surface area contributed by atoms with Crippen molar-refractivity contribution in [2.45, 2.75) is 51.7 Å². The molecule has 0 spiro atoms. The van der Waals surface area contributed by atoms with E-state index in [2.05, 4.69) is 17.3 Å². The molecule has 20 heavy (non-hydrogen) atoms. The number of amides is 1. The van der Waals surface area contributed by atoms with Crippen LogP contribution in [0, 0.1) is 5.92 Å². The largest absolute Gasteiger partial charge is 0.480 e. The second-order valence-electron chi connectivity index (χ2n) is 6.52. The summed E-state index contributed by atoms with van der Waals surface area (Å²) in [6.07, 6.45) is 1.73. The summed E-state index contributed by atoms with van der Waals surface area (Å²) in [4.78, 5) is 25.2. The summed E-state index contributed by atoms with van der Waals surface area (Å²) in [5.41, 5.74) is -0.624. The van der Waals surface area contributed by atoms with Gasteiger partial charge in [-0.25, -0.2) is 9.59 Å². The number of carboxylic acid groups (broad SMARTS) is 1. The van der Waals surface area contributed by atoms with E-state index in [0.29, 0.717) is 12.3 Å². The lowest BCUT2D eigenvalue weighted by molar-refractivity contribution is -0.140. The highest BCUT2D eigenvalue weighted by molar-refractivity contribution is 5.80. The van der Waals surface area contributed by atoms with Crippen molar-refractivity contribution < 1.29 is 19.4 Å². The zero-order valence-electron chi connectivity index (χ0n) is 12.8. The molecule has 1 aliphatic rings. The number of aliphatic carboxylic acids is 1. The second kappa shape index (κ2) is 6.92. The summed E-state index contributed by atoms with van der Waals surface area (Å²) in [6.45, 7) is 7.20. The highest BCUT2D eigenvalue weighted by Gasteiger charge is 2.28. The van der Waals surface area contributed by atoms with Gasteiger partial charge < -0.3 is 20.1 Å². The molecule has 0 radical (unpaired) electrons. The fourth-order valence-corrected chi connectivity index (χ4v) is 2.30. The first-order chi connectivity index (χ1) is 9.17. The molecule has 1 rings (SSSR count). The maximum Gasteiger partial charge on any atom is 0.408 e. The van der Waals surface area contributed by atoms with Gasteiger partial charge >= 0.3 is 12.1 Å². The molecule has 1 aliphatic heterocycles. The van der Waals surface area contributed by atoms with Crippen LogP contribution in [0.15, 0.2) is 0 Å². The maximum atomic E-state index is 11.7. The third kappa shape index (κ3) is 6.23. The van der Waals surface area contributed by atoms with Crippen molar-refractivity contribution >= 4 is 12.1 Å². The molecule has 116 valence electrons. The minimum Gasteiger partial charge on any atom is -0.480 e. The Morgan fingerprint density at radius 1 is 1.35 bits per heavy atom. The Balaban J connectivity index is 2.48. The molecule has 1 atom stereocenters. The zero-order valence-corrected chi connectivity index (χ0v) is 12.8. The van der Waals surface area contributed by atoms with Crippen LogP contribution >= 0.6 is 0 Å². The molecule has 1 amide bonds. The lowest BCUT2D eigenvalue weighted by Crippen LogP contribution is -2.45. The molecular weight excluding hydrogens is 260 g/mol. The van der Waals surface area contributed by atoms with E-state index in [1.54, 1.807) is 20.8 Å². The van der Waals surface area contributed by atoms with Gasteiger partial charge in [-0.1, -0.05) is 0 Å². The van der Waals surface area contributed by atoms with Crippen molar-refractivity contribution in [2.75, 3.05) is 20.1 Å². The molecule has 0 aromatic heterocycles. The quantitative estimate of drug-likeness (QED) is 0.822. The third-order valence-corrected chi connectivity index (χ3v) is 3.40. The van der Waals surface area contributed by atoms with Crippen LogP contribution in [0.2, 0.25) is 0 Å². The average molecular weight is 286 g/mol. The molecule has 1 saturated heterocycles. The first-order valence-electron chi connectivity index (χ1n) is 7.08.